The van der Waals surface area contributed by atoms with E-state index in [4.69, 9.17) is 4.74 Å². The number of hydrogen-bond acceptors (Lipinski definition) is 7. The first-order valence-electron chi connectivity index (χ1n) is 8.28. The summed E-state index contributed by atoms with van der Waals surface area (Å²) in [5, 5.41) is 10.1. The summed E-state index contributed by atoms with van der Waals surface area (Å²) < 4.78 is 45.9. The van der Waals surface area contributed by atoms with Crippen molar-refractivity contribution < 1.29 is 27.4 Å². The molecule has 150 valence electrons. The van der Waals surface area contributed by atoms with Crippen molar-refractivity contribution in [1.29, 1.82) is 0 Å². The van der Waals surface area contributed by atoms with Gasteiger partial charge < -0.3 is 9.84 Å². The molecule has 0 unspecified atom stereocenters. The number of nitrogens with zero attached hydrogens (tertiary/aromatic N) is 2. The number of halogens is 1. The van der Waals surface area contributed by atoms with Gasteiger partial charge in [0.25, 0.3) is 11.5 Å². The van der Waals surface area contributed by atoms with Crippen molar-refractivity contribution in [3.05, 3.63) is 57.5 Å². The number of benzene rings is 1. The van der Waals surface area contributed by atoms with Crippen molar-refractivity contribution in [2.45, 2.75) is 31.7 Å². The third kappa shape index (κ3) is 3.90. The molecule has 0 fully saturated rings. The van der Waals surface area contributed by atoms with Crippen LogP contribution in [0.2, 0.25) is 0 Å². The molecule has 0 bridgehead atoms. The Hall–Kier alpha value is -2.79. The SMILES string of the molecule is CC1(C)OCCn2c1nc(C(=O)NS(=O)(=O)Cc1ccc(F)cc1)c(O)c2=O. The van der Waals surface area contributed by atoms with Crippen molar-refractivity contribution in [1.82, 2.24) is 14.3 Å². The first kappa shape index (κ1) is 20.0. The summed E-state index contributed by atoms with van der Waals surface area (Å²) in [5.74, 6) is -3.23. The van der Waals surface area contributed by atoms with Gasteiger partial charge in [-0.3, -0.25) is 14.2 Å². The summed E-state index contributed by atoms with van der Waals surface area (Å²) in [6.45, 7) is 3.63. The van der Waals surface area contributed by atoms with E-state index in [1.54, 1.807) is 18.6 Å². The van der Waals surface area contributed by atoms with Crippen molar-refractivity contribution in [2.24, 2.45) is 0 Å². The first-order chi connectivity index (χ1) is 13.0. The van der Waals surface area contributed by atoms with Gasteiger partial charge in [0.15, 0.2) is 5.69 Å². The highest BCUT2D eigenvalue weighted by Crippen LogP contribution is 2.27. The molecule has 0 aliphatic carbocycles. The van der Waals surface area contributed by atoms with Crippen molar-refractivity contribution in [3.8, 4) is 5.75 Å². The number of rotatable bonds is 4. The molecule has 2 heterocycles. The van der Waals surface area contributed by atoms with E-state index in [2.05, 4.69) is 4.98 Å². The Morgan fingerprint density at radius 2 is 2.00 bits per heavy atom. The van der Waals surface area contributed by atoms with Gasteiger partial charge in [-0.1, -0.05) is 12.1 Å². The Bertz CT molecular complexity index is 1090. The Morgan fingerprint density at radius 3 is 2.64 bits per heavy atom. The number of amides is 1. The molecule has 1 amide bonds. The maximum atomic E-state index is 12.9. The Kier molecular flexibility index (Phi) is 4.98. The predicted octanol–water partition coefficient (Wildman–Crippen LogP) is 0.613. The Labute approximate surface area is 159 Å². The zero-order chi connectivity index (χ0) is 20.7. The fraction of sp³-hybridized carbons (Fsp3) is 0.353. The number of hydrogen-bond donors (Lipinski definition) is 2. The number of carbonyl (C=O) groups is 1. The lowest BCUT2D eigenvalue weighted by molar-refractivity contribution is -0.0566. The minimum absolute atomic E-state index is 0.0997. The van der Waals surface area contributed by atoms with E-state index in [-0.39, 0.29) is 24.5 Å². The first-order valence-corrected chi connectivity index (χ1v) is 9.93. The molecule has 11 heteroatoms. The molecule has 2 N–H and O–H groups in total. The number of nitrogens with one attached hydrogen (secondary N) is 1. The highest BCUT2D eigenvalue weighted by molar-refractivity contribution is 7.89. The van der Waals surface area contributed by atoms with Gasteiger partial charge in [-0.15, -0.1) is 0 Å². The molecule has 1 aliphatic rings. The molecular weight excluding hydrogens is 393 g/mol. The molecule has 0 spiro atoms. The second kappa shape index (κ2) is 6.99. The zero-order valence-electron chi connectivity index (χ0n) is 15.1. The molecule has 28 heavy (non-hydrogen) atoms. The van der Waals surface area contributed by atoms with Crippen molar-refractivity contribution in [2.75, 3.05) is 6.61 Å². The lowest BCUT2D eigenvalue weighted by atomic mass is 10.1. The summed E-state index contributed by atoms with van der Waals surface area (Å²) in [4.78, 5) is 28.8. The fourth-order valence-electron chi connectivity index (χ4n) is 2.85. The quantitative estimate of drug-likeness (QED) is 0.755. The molecule has 0 atom stereocenters. The van der Waals surface area contributed by atoms with Crippen LogP contribution in [0.3, 0.4) is 0 Å². The van der Waals surface area contributed by atoms with Crippen LogP contribution < -0.4 is 10.3 Å². The van der Waals surface area contributed by atoms with Crippen LogP contribution >= 0.6 is 0 Å². The molecule has 0 saturated heterocycles. The Morgan fingerprint density at radius 1 is 1.36 bits per heavy atom. The van der Waals surface area contributed by atoms with E-state index in [0.29, 0.717) is 0 Å². The third-order valence-electron chi connectivity index (χ3n) is 4.19. The number of sulfonamides is 1. The summed E-state index contributed by atoms with van der Waals surface area (Å²) in [7, 11) is -4.19. The maximum absolute atomic E-state index is 12.9. The molecule has 2 aromatic rings. The molecule has 1 aromatic carbocycles. The van der Waals surface area contributed by atoms with Crippen LogP contribution in [0.15, 0.2) is 29.1 Å². The van der Waals surface area contributed by atoms with E-state index < -0.39 is 50.1 Å². The van der Waals surface area contributed by atoms with Crippen LogP contribution in [-0.4, -0.2) is 35.6 Å². The molecule has 9 nitrogen and oxygen atoms in total. The second-order valence-electron chi connectivity index (χ2n) is 6.76. The molecule has 1 aromatic heterocycles. The van der Waals surface area contributed by atoms with Gasteiger partial charge in [0.1, 0.15) is 17.2 Å². The summed E-state index contributed by atoms with van der Waals surface area (Å²) in [5.41, 5.74) is -2.33. The minimum atomic E-state index is -4.19. The molecule has 0 saturated carbocycles. The average Bonchev–Trinajstić information content (AvgIpc) is 2.59. The number of aromatic nitrogens is 2. The summed E-state index contributed by atoms with van der Waals surface area (Å²) in [6, 6.07) is 4.71. The van der Waals surface area contributed by atoms with Gasteiger partial charge in [-0.05, 0) is 31.5 Å². The van der Waals surface area contributed by atoms with Crippen molar-refractivity contribution >= 4 is 15.9 Å². The third-order valence-corrected chi connectivity index (χ3v) is 5.40. The van der Waals surface area contributed by atoms with E-state index in [1.807, 2.05) is 0 Å². The molecule has 0 radical (unpaired) electrons. The Balaban J connectivity index is 1.91. The number of carbonyl (C=O) groups excluding carboxylic acids is 1. The van der Waals surface area contributed by atoms with E-state index in [1.165, 1.54) is 16.7 Å². The van der Waals surface area contributed by atoms with E-state index >= 15 is 0 Å². The lowest BCUT2D eigenvalue weighted by Crippen LogP contribution is -2.42. The molecule has 3 rings (SSSR count). The normalized spacial score (nSPS) is 15.7. The largest absolute Gasteiger partial charge is 0.501 e. The maximum Gasteiger partial charge on any atom is 0.296 e. The van der Waals surface area contributed by atoms with Gasteiger partial charge in [0, 0.05) is 0 Å². The number of aromatic hydroxyl groups is 1. The topological polar surface area (TPSA) is 128 Å². The average molecular weight is 411 g/mol. The van der Waals surface area contributed by atoms with E-state index in [9.17, 15) is 27.5 Å². The predicted molar refractivity (Wildman–Crippen MR) is 95.6 cm³/mol. The van der Waals surface area contributed by atoms with Crippen LogP contribution in [-0.2, 0) is 32.7 Å². The van der Waals surface area contributed by atoms with Gasteiger partial charge in [0.2, 0.25) is 15.8 Å². The van der Waals surface area contributed by atoms with E-state index in [0.717, 1.165) is 12.1 Å². The fourth-order valence-corrected chi connectivity index (χ4v) is 3.93. The van der Waals surface area contributed by atoms with Crippen LogP contribution in [0, 0.1) is 5.82 Å². The van der Waals surface area contributed by atoms with Gasteiger partial charge >= 0.3 is 0 Å². The number of ether oxygens (including phenoxy) is 1. The van der Waals surface area contributed by atoms with Crippen LogP contribution in [0.5, 0.6) is 5.75 Å². The highest BCUT2D eigenvalue weighted by Gasteiger charge is 2.34. The van der Waals surface area contributed by atoms with Crippen LogP contribution in [0.25, 0.3) is 0 Å². The van der Waals surface area contributed by atoms with Crippen LogP contribution in [0.1, 0.15) is 35.7 Å². The number of fused-ring (bicyclic) bond motifs is 1. The van der Waals surface area contributed by atoms with Crippen molar-refractivity contribution in [3.63, 3.8) is 0 Å². The molecule has 1 aliphatic heterocycles. The van der Waals surface area contributed by atoms with Gasteiger partial charge in [0.05, 0.1) is 18.9 Å². The standard InChI is InChI=1S/C17H18FN3O6S/c1-17(2)16-19-12(13(22)15(24)21(16)7-8-27-17)14(23)20-28(25,26)9-10-3-5-11(18)6-4-10/h3-6,22H,7-9H2,1-2H3,(H,20,23). The molecular formula is C17H18FN3O6S. The summed E-state index contributed by atoms with van der Waals surface area (Å²) in [6.07, 6.45) is 0. The zero-order valence-corrected chi connectivity index (χ0v) is 15.9. The van der Waals surface area contributed by atoms with Gasteiger partial charge in [-0.25, -0.2) is 22.5 Å². The highest BCUT2D eigenvalue weighted by atomic mass is 32.2. The lowest BCUT2D eigenvalue weighted by Gasteiger charge is -2.32. The second-order valence-corrected chi connectivity index (χ2v) is 8.49. The van der Waals surface area contributed by atoms with Crippen LogP contribution in [0.4, 0.5) is 4.39 Å². The minimum Gasteiger partial charge on any atom is -0.501 e. The monoisotopic (exact) mass is 411 g/mol. The smallest absolute Gasteiger partial charge is 0.296 e. The van der Waals surface area contributed by atoms with Gasteiger partial charge in [-0.2, -0.15) is 0 Å². The summed E-state index contributed by atoms with van der Waals surface area (Å²) >= 11 is 0.